The van der Waals surface area contributed by atoms with E-state index in [1.807, 2.05) is 0 Å². The average molecular weight is 221 g/mol. The second-order valence-electron chi connectivity index (χ2n) is 2.67. The number of hydrogen-bond donors (Lipinski definition) is 1. The van der Waals surface area contributed by atoms with Crippen LogP contribution in [0.15, 0.2) is 23.1 Å². The van der Waals surface area contributed by atoms with Gasteiger partial charge in [-0.3, -0.25) is 0 Å². The molecular weight excluding hydrogens is 215 g/mol. The van der Waals surface area contributed by atoms with Gasteiger partial charge in [-0.2, -0.15) is 0 Å². The van der Waals surface area contributed by atoms with Crippen LogP contribution >= 0.6 is 11.8 Å². The number of anilines is 1. The van der Waals surface area contributed by atoms with Crippen molar-refractivity contribution in [3.05, 3.63) is 18.2 Å². The topological polar surface area (TPSA) is 21.3 Å². The molecule has 0 saturated heterocycles. The molecule has 0 unspecified atom stereocenters. The fourth-order valence-electron chi connectivity index (χ4n) is 1.16. The van der Waals surface area contributed by atoms with Crippen LogP contribution in [0, 0.1) is 0 Å². The van der Waals surface area contributed by atoms with Crippen molar-refractivity contribution in [1.82, 2.24) is 0 Å². The lowest BCUT2D eigenvalue weighted by Gasteiger charge is -2.09. The number of fused-ring (bicyclic) bond motifs is 1. The molecule has 0 saturated carbocycles. The van der Waals surface area contributed by atoms with E-state index in [1.54, 1.807) is 6.07 Å². The van der Waals surface area contributed by atoms with Crippen LogP contribution < -0.4 is 10.1 Å². The van der Waals surface area contributed by atoms with Gasteiger partial charge in [0.1, 0.15) is 5.75 Å². The Balaban J connectivity index is 2.21. The number of thioether (sulfide) groups is 1. The average Bonchev–Trinajstić information content (AvgIpc) is 2.47. The summed E-state index contributed by atoms with van der Waals surface area (Å²) in [6, 6.07) is 4.26. The molecule has 0 bridgehead atoms. The number of halogens is 3. The number of alkyl halides is 3. The summed E-state index contributed by atoms with van der Waals surface area (Å²) in [5.74, 6) is 0.512. The van der Waals surface area contributed by atoms with Crippen molar-refractivity contribution < 1.29 is 17.9 Å². The normalized spacial score (nSPS) is 14.8. The van der Waals surface area contributed by atoms with Gasteiger partial charge in [-0.25, -0.2) is 0 Å². The molecule has 6 heteroatoms. The summed E-state index contributed by atoms with van der Waals surface area (Å²) < 4.78 is 39.3. The second-order valence-corrected chi connectivity index (χ2v) is 3.69. The molecule has 0 aromatic heterocycles. The molecule has 2 rings (SSSR count). The largest absolute Gasteiger partial charge is 0.573 e. The first kappa shape index (κ1) is 9.51. The standard InChI is InChI=1S/C8H6F3NOS/c9-8(10,11)13-5-1-2-6-7(3-5)14-4-12-6/h1-3,12H,4H2. The zero-order valence-electron chi connectivity index (χ0n) is 6.89. The van der Waals surface area contributed by atoms with E-state index >= 15 is 0 Å². The van der Waals surface area contributed by atoms with E-state index in [1.165, 1.54) is 23.9 Å². The van der Waals surface area contributed by atoms with Crippen molar-refractivity contribution >= 4 is 17.4 Å². The predicted octanol–water partition coefficient (Wildman–Crippen LogP) is 3.06. The summed E-state index contributed by atoms with van der Waals surface area (Å²) in [4.78, 5) is 0.784. The maximum absolute atomic E-state index is 11.8. The highest BCUT2D eigenvalue weighted by molar-refractivity contribution is 7.99. The van der Waals surface area contributed by atoms with Gasteiger partial charge in [-0.05, 0) is 18.2 Å². The van der Waals surface area contributed by atoms with Crippen LogP contribution in [-0.2, 0) is 0 Å². The van der Waals surface area contributed by atoms with Gasteiger partial charge in [0.15, 0.2) is 0 Å². The smallest absolute Gasteiger partial charge is 0.406 e. The molecule has 0 atom stereocenters. The van der Waals surface area contributed by atoms with Crippen LogP contribution in [0.3, 0.4) is 0 Å². The van der Waals surface area contributed by atoms with E-state index in [-0.39, 0.29) is 5.75 Å². The van der Waals surface area contributed by atoms with Crippen LogP contribution in [0.5, 0.6) is 5.75 Å². The van der Waals surface area contributed by atoms with Crippen LogP contribution in [0.25, 0.3) is 0 Å². The number of benzene rings is 1. The fourth-order valence-corrected chi connectivity index (χ4v) is 2.04. The molecule has 0 radical (unpaired) electrons. The van der Waals surface area contributed by atoms with Crippen molar-refractivity contribution in [2.75, 3.05) is 11.2 Å². The molecule has 1 N–H and O–H groups in total. The Kier molecular flexibility index (Phi) is 2.22. The molecule has 76 valence electrons. The monoisotopic (exact) mass is 221 g/mol. The molecule has 14 heavy (non-hydrogen) atoms. The third-order valence-corrected chi connectivity index (χ3v) is 2.61. The Bertz CT molecular complexity index is 353. The van der Waals surface area contributed by atoms with E-state index in [2.05, 4.69) is 10.1 Å². The quantitative estimate of drug-likeness (QED) is 0.787. The SMILES string of the molecule is FC(F)(F)Oc1ccc2c(c1)SCN2. The Morgan fingerprint density at radius 1 is 1.36 bits per heavy atom. The highest BCUT2D eigenvalue weighted by Gasteiger charge is 2.31. The summed E-state index contributed by atoms with van der Waals surface area (Å²) in [5.41, 5.74) is 0.851. The Morgan fingerprint density at radius 3 is 2.86 bits per heavy atom. The Hall–Kier alpha value is -1.04. The number of nitrogens with one attached hydrogen (secondary N) is 1. The van der Waals surface area contributed by atoms with Gasteiger partial charge in [-0.1, -0.05) is 0 Å². The highest BCUT2D eigenvalue weighted by atomic mass is 32.2. The molecule has 1 aromatic rings. The van der Waals surface area contributed by atoms with Crippen molar-refractivity contribution in [2.24, 2.45) is 0 Å². The summed E-state index contributed by atoms with van der Waals surface area (Å²) in [5, 5.41) is 3.02. The summed E-state index contributed by atoms with van der Waals surface area (Å²) in [6.07, 6.45) is -4.62. The van der Waals surface area contributed by atoms with Gasteiger partial charge in [-0.15, -0.1) is 24.9 Å². The lowest BCUT2D eigenvalue weighted by molar-refractivity contribution is -0.274. The molecule has 1 aromatic carbocycles. The summed E-state index contributed by atoms with van der Waals surface area (Å²) in [6.45, 7) is 0. The number of hydrogen-bond acceptors (Lipinski definition) is 3. The van der Waals surface area contributed by atoms with Crippen molar-refractivity contribution in [3.63, 3.8) is 0 Å². The second kappa shape index (κ2) is 3.27. The predicted molar refractivity (Wildman–Crippen MR) is 47.5 cm³/mol. The van der Waals surface area contributed by atoms with Crippen molar-refractivity contribution in [1.29, 1.82) is 0 Å². The molecule has 1 aliphatic rings. The first-order valence-corrected chi connectivity index (χ1v) is 4.80. The van der Waals surface area contributed by atoms with Gasteiger partial charge >= 0.3 is 6.36 Å². The molecule has 0 aliphatic carbocycles. The lowest BCUT2D eigenvalue weighted by Crippen LogP contribution is -2.17. The molecule has 1 aliphatic heterocycles. The Morgan fingerprint density at radius 2 is 2.14 bits per heavy atom. The maximum Gasteiger partial charge on any atom is 0.573 e. The summed E-state index contributed by atoms with van der Waals surface area (Å²) >= 11 is 1.45. The van der Waals surface area contributed by atoms with Crippen LogP contribution in [0.2, 0.25) is 0 Å². The third kappa shape index (κ3) is 2.06. The number of rotatable bonds is 1. The minimum atomic E-state index is -4.62. The van der Waals surface area contributed by atoms with Gasteiger partial charge < -0.3 is 10.1 Å². The van der Waals surface area contributed by atoms with Gasteiger partial charge in [0.25, 0.3) is 0 Å². The van der Waals surface area contributed by atoms with Gasteiger partial charge in [0.05, 0.1) is 5.88 Å². The zero-order chi connectivity index (χ0) is 10.2. The summed E-state index contributed by atoms with van der Waals surface area (Å²) in [7, 11) is 0. The van der Waals surface area contributed by atoms with E-state index in [0.717, 1.165) is 10.6 Å². The minimum Gasteiger partial charge on any atom is -0.406 e. The van der Waals surface area contributed by atoms with Crippen LogP contribution in [0.1, 0.15) is 0 Å². The molecule has 0 spiro atoms. The molecule has 1 heterocycles. The molecule has 0 amide bonds. The lowest BCUT2D eigenvalue weighted by atomic mass is 10.3. The van der Waals surface area contributed by atoms with E-state index in [9.17, 15) is 13.2 Å². The van der Waals surface area contributed by atoms with E-state index in [0.29, 0.717) is 5.88 Å². The van der Waals surface area contributed by atoms with Crippen molar-refractivity contribution in [3.8, 4) is 5.75 Å². The molecule has 2 nitrogen and oxygen atoms in total. The first-order valence-electron chi connectivity index (χ1n) is 3.81. The van der Waals surface area contributed by atoms with Crippen LogP contribution in [0.4, 0.5) is 18.9 Å². The highest BCUT2D eigenvalue weighted by Crippen LogP contribution is 2.37. The van der Waals surface area contributed by atoms with Crippen molar-refractivity contribution in [2.45, 2.75) is 11.3 Å². The van der Waals surface area contributed by atoms with E-state index in [4.69, 9.17) is 0 Å². The third-order valence-electron chi connectivity index (χ3n) is 1.68. The van der Waals surface area contributed by atoms with Gasteiger partial charge in [0.2, 0.25) is 0 Å². The van der Waals surface area contributed by atoms with Crippen LogP contribution in [-0.4, -0.2) is 12.2 Å². The fraction of sp³-hybridized carbons (Fsp3) is 0.250. The molecular formula is C8H6F3NOS. The zero-order valence-corrected chi connectivity index (χ0v) is 7.71. The minimum absolute atomic E-state index is 0.174. The van der Waals surface area contributed by atoms with Gasteiger partial charge in [0, 0.05) is 10.6 Å². The van der Waals surface area contributed by atoms with E-state index < -0.39 is 6.36 Å². The maximum atomic E-state index is 11.8. The molecule has 0 fully saturated rings. The Labute approximate surface area is 82.4 Å². The number of ether oxygens (including phenoxy) is 1. The first-order chi connectivity index (χ1) is 6.54.